The summed E-state index contributed by atoms with van der Waals surface area (Å²) >= 11 is 0. The molecule has 2 aromatic carbocycles. The Morgan fingerprint density at radius 2 is 1.95 bits per heavy atom. The Morgan fingerprint density at radius 3 is 2.67 bits per heavy atom. The SMILES string of the molecule is Cc1ccc(OCc2c[nH]c3cc(C(=O)O)ccc23)cc1. The topological polar surface area (TPSA) is 62.3 Å². The van der Waals surface area contributed by atoms with Gasteiger partial charge in [0.1, 0.15) is 12.4 Å². The van der Waals surface area contributed by atoms with Gasteiger partial charge in [-0.2, -0.15) is 0 Å². The third-order valence-electron chi connectivity index (χ3n) is 3.43. The number of aromatic nitrogens is 1. The number of hydrogen-bond donors (Lipinski definition) is 2. The van der Waals surface area contributed by atoms with E-state index >= 15 is 0 Å². The maximum absolute atomic E-state index is 11.0. The summed E-state index contributed by atoms with van der Waals surface area (Å²) in [6.07, 6.45) is 1.85. The molecule has 0 aliphatic rings. The van der Waals surface area contributed by atoms with Crippen LogP contribution in [0.15, 0.2) is 48.7 Å². The van der Waals surface area contributed by atoms with Crippen molar-refractivity contribution in [1.82, 2.24) is 4.98 Å². The molecule has 106 valence electrons. The van der Waals surface area contributed by atoms with Crippen LogP contribution in [0.25, 0.3) is 10.9 Å². The van der Waals surface area contributed by atoms with Crippen molar-refractivity contribution >= 4 is 16.9 Å². The molecule has 4 heteroatoms. The first kappa shape index (κ1) is 13.2. The molecule has 3 rings (SSSR count). The molecular formula is C17H15NO3. The smallest absolute Gasteiger partial charge is 0.335 e. The Morgan fingerprint density at radius 1 is 1.19 bits per heavy atom. The standard InChI is InChI=1S/C17H15NO3/c1-11-2-5-14(6-3-11)21-10-13-9-18-16-8-12(17(19)20)4-7-15(13)16/h2-9,18H,10H2,1H3,(H,19,20). The van der Waals surface area contributed by atoms with E-state index in [0.717, 1.165) is 22.2 Å². The molecule has 0 bridgehead atoms. The maximum atomic E-state index is 11.0. The first-order chi connectivity index (χ1) is 10.1. The Balaban J connectivity index is 1.81. The predicted octanol–water partition coefficient (Wildman–Crippen LogP) is 3.75. The lowest BCUT2D eigenvalue weighted by molar-refractivity contribution is 0.0697. The summed E-state index contributed by atoms with van der Waals surface area (Å²) in [5.74, 6) is -0.110. The molecule has 0 aliphatic carbocycles. The second kappa shape index (κ2) is 5.32. The number of fused-ring (bicyclic) bond motifs is 1. The van der Waals surface area contributed by atoms with Crippen molar-refractivity contribution in [2.24, 2.45) is 0 Å². The average molecular weight is 281 g/mol. The molecule has 0 amide bonds. The molecule has 0 atom stereocenters. The maximum Gasteiger partial charge on any atom is 0.335 e. The van der Waals surface area contributed by atoms with Crippen molar-refractivity contribution in [3.63, 3.8) is 0 Å². The zero-order chi connectivity index (χ0) is 14.8. The zero-order valence-electron chi connectivity index (χ0n) is 11.6. The minimum atomic E-state index is -0.927. The van der Waals surface area contributed by atoms with Crippen molar-refractivity contribution in [2.45, 2.75) is 13.5 Å². The van der Waals surface area contributed by atoms with Gasteiger partial charge in [-0.05, 0) is 31.2 Å². The third-order valence-corrected chi connectivity index (χ3v) is 3.43. The van der Waals surface area contributed by atoms with Crippen molar-refractivity contribution in [1.29, 1.82) is 0 Å². The lowest BCUT2D eigenvalue weighted by Gasteiger charge is -2.05. The normalized spacial score (nSPS) is 10.7. The molecule has 2 N–H and O–H groups in total. The minimum absolute atomic E-state index is 0.273. The van der Waals surface area contributed by atoms with Gasteiger partial charge < -0.3 is 14.8 Å². The second-order valence-electron chi connectivity index (χ2n) is 4.98. The minimum Gasteiger partial charge on any atom is -0.489 e. The number of rotatable bonds is 4. The van der Waals surface area contributed by atoms with Crippen LogP contribution in [0.5, 0.6) is 5.75 Å². The summed E-state index contributed by atoms with van der Waals surface area (Å²) in [5.41, 5.74) is 3.27. The number of carboxylic acids is 1. The van der Waals surface area contributed by atoms with E-state index in [2.05, 4.69) is 4.98 Å². The molecular weight excluding hydrogens is 266 g/mol. The van der Waals surface area contributed by atoms with E-state index in [0.29, 0.717) is 6.61 Å². The Bertz CT molecular complexity index is 787. The van der Waals surface area contributed by atoms with E-state index in [1.807, 2.05) is 43.5 Å². The quantitative estimate of drug-likeness (QED) is 0.765. The highest BCUT2D eigenvalue weighted by atomic mass is 16.5. The van der Waals surface area contributed by atoms with Gasteiger partial charge in [0.15, 0.2) is 0 Å². The van der Waals surface area contributed by atoms with Gasteiger partial charge >= 0.3 is 5.97 Å². The fraction of sp³-hybridized carbons (Fsp3) is 0.118. The second-order valence-corrected chi connectivity index (χ2v) is 4.98. The number of aromatic amines is 1. The van der Waals surface area contributed by atoms with E-state index in [1.165, 1.54) is 5.56 Å². The van der Waals surface area contributed by atoms with Crippen LogP contribution in [0.3, 0.4) is 0 Å². The summed E-state index contributed by atoms with van der Waals surface area (Å²) in [4.78, 5) is 14.0. The Kier molecular flexibility index (Phi) is 3.36. The number of ether oxygens (including phenoxy) is 1. The summed E-state index contributed by atoms with van der Waals surface area (Å²) in [6, 6.07) is 12.9. The molecule has 0 radical (unpaired) electrons. The number of aryl methyl sites for hydroxylation is 1. The highest BCUT2D eigenvalue weighted by molar-refractivity contribution is 5.94. The average Bonchev–Trinajstić information content (AvgIpc) is 2.89. The van der Waals surface area contributed by atoms with Crippen LogP contribution in [-0.2, 0) is 6.61 Å². The van der Waals surface area contributed by atoms with Gasteiger partial charge in [-0.1, -0.05) is 23.8 Å². The van der Waals surface area contributed by atoms with Crippen molar-refractivity contribution in [3.8, 4) is 5.75 Å². The summed E-state index contributed by atoms with van der Waals surface area (Å²) in [5, 5.41) is 9.97. The number of aromatic carboxylic acids is 1. The van der Waals surface area contributed by atoms with E-state index in [9.17, 15) is 4.79 Å². The van der Waals surface area contributed by atoms with Crippen molar-refractivity contribution < 1.29 is 14.6 Å². The lowest BCUT2D eigenvalue weighted by Crippen LogP contribution is -1.96. The van der Waals surface area contributed by atoms with Gasteiger partial charge in [-0.25, -0.2) is 4.79 Å². The molecule has 4 nitrogen and oxygen atoms in total. The summed E-state index contributed by atoms with van der Waals surface area (Å²) in [7, 11) is 0. The molecule has 1 heterocycles. The van der Waals surface area contributed by atoms with Crippen molar-refractivity contribution in [3.05, 3.63) is 65.4 Å². The fourth-order valence-corrected chi connectivity index (χ4v) is 2.23. The van der Waals surface area contributed by atoms with Crippen LogP contribution in [0.1, 0.15) is 21.5 Å². The van der Waals surface area contributed by atoms with Crippen LogP contribution < -0.4 is 4.74 Å². The van der Waals surface area contributed by atoms with Crippen LogP contribution in [0.2, 0.25) is 0 Å². The molecule has 21 heavy (non-hydrogen) atoms. The predicted molar refractivity (Wildman–Crippen MR) is 80.8 cm³/mol. The van der Waals surface area contributed by atoms with E-state index in [4.69, 9.17) is 9.84 Å². The molecule has 0 spiro atoms. The number of H-pyrrole nitrogens is 1. The number of carboxylic acid groups (broad SMARTS) is 1. The van der Waals surface area contributed by atoms with Crippen molar-refractivity contribution in [2.75, 3.05) is 0 Å². The highest BCUT2D eigenvalue weighted by Crippen LogP contribution is 2.22. The van der Waals surface area contributed by atoms with Crippen LogP contribution in [0.4, 0.5) is 0 Å². The van der Waals surface area contributed by atoms with Crippen LogP contribution in [-0.4, -0.2) is 16.1 Å². The number of carbonyl (C=O) groups is 1. The highest BCUT2D eigenvalue weighted by Gasteiger charge is 2.08. The summed E-state index contributed by atoms with van der Waals surface area (Å²) < 4.78 is 5.75. The van der Waals surface area contributed by atoms with Gasteiger partial charge in [-0.15, -0.1) is 0 Å². The number of nitrogens with one attached hydrogen (secondary N) is 1. The first-order valence-electron chi connectivity index (χ1n) is 6.66. The molecule has 0 saturated heterocycles. The Hall–Kier alpha value is -2.75. The number of benzene rings is 2. The first-order valence-corrected chi connectivity index (χ1v) is 6.66. The molecule has 0 unspecified atom stereocenters. The van der Waals surface area contributed by atoms with Crippen LogP contribution >= 0.6 is 0 Å². The lowest BCUT2D eigenvalue weighted by atomic mass is 10.1. The Labute approximate surface area is 122 Å². The van der Waals surface area contributed by atoms with Gasteiger partial charge in [0.2, 0.25) is 0 Å². The zero-order valence-corrected chi connectivity index (χ0v) is 11.6. The molecule has 0 saturated carbocycles. The van der Waals surface area contributed by atoms with E-state index in [-0.39, 0.29) is 5.56 Å². The molecule has 0 aliphatic heterocycles. The van der Waals surface area contributed by atoms with E-state index in [1.54, 1.807) is 12.1 Å². The monoisotopic (exact) mass is 281 g/mol. The molecule has 0 fully saturated rings. The van der Waals surface area contributed by atoms with Gasteiger partial charge in [0.25, 0.3) is 0 Å². The third kappa shape index (κ3) is 2.74. The molecule has 1 aromatic heterocycles. The van der Waals surface area contributed by atoms with Gasteiger partial charge in [0.05, 0.1) is 5.56 Å². The van der Waals surface area contributed by atoms with Crippen LogP contribution in [0, 0.1) is 6.92 Å². The fourth-order valence-electron chi connectivity index (χ4n) is 2.23. The largest absolute Gasteiger partial charge is 0.489 e. The summed E-state index contributed by atoms with van der Waals surface area (Å²) in [6.45, 7) is 2.47. The van der Waals surface area contributed by atoms with E-state index < -0.39 is 5.97 Å². The molecule has 3 aromatic rings. The van der Waals surface area contributed by atoms with Gasteiger partial charge in [0, 0.05) is 22.7 Å². The number of hydrogen-bond acceptors (Lipinski definition) is 2. The van der Waals surface area contributed by atoms with Gasteiger partial charge in [-0.3, -0.25) is 0 Å².